The van der Waals surface area contributed by atoms with Crippen molar-refractivity contribution in [2.45, 2.75) is 6.04 Å². The number of rotatable bonds is 4. The highest BCUT2D eigenvalue weighted by Crippen LogP contribution is 2.30. The molecular weight excluding hydrogens is 353 g/mol. The van der Waals surface area contributed by atoms with Crippen molar-refractivity contribution in [3.63, 3.8) is 0 Å². The summed E-state index contributed by atoms with van der Waals surface area (Å²) in [5.74, 6) is 0.642. The van der Waals surface area contributed by atoms with Gasteiger partial charge < -0.3 is 9.88 Å². The van der Waals surface area contributed by atoms with Crippen molar-refractivity contribution >= 4 is 33.0 Å². The van der Waals surface area contributed by atoms with E-state index < -0.39 is 0 Å². The van der Waals surface area contributed by atoms with Gasteiger partial charge >= 0.3 is 0 Å². The average Bonchev–Trinajstić information content (AvgIpc) is 3.12. The first-order valence-corrected chi connectivity index (χ1v) is 8.04. The van der Waals surface area contributed by atoms with E-state index in [0.717, 1.165) is 16.4 Å². The molecule has 0 saturated carbocycles. The van der Waals surface area contributed by atoms with Crippen molar-refractivity contribution in [3.8, 4) is 0 Å². The standard InChI is InChI=1S/C15H13BrFN3S/c1-20-7-6-18-15(20)14(13-3-2-8-21-13)19-10-4-5-12(17)11(16)9-10/h2-9,14,19H,1H3. The molecule has 1 unspecified atom stereocenters. The number of imidazole rings is 1. The fourth-order valence-corrected chi connectivity index (χ4v) is 3.28. The summed E-state index contributed by atoms with van der Waals surface area (Å²) in [5, 5.41) is 5.46. The van der Waals surface area contributed by atoms with Crippen LogP contribution in [0, 0.1) is 5.82 Å². The number of halogens is 2. The molecule has 0 spiro atoms. The molecule has 0 bridgehead atoms. The van der Waals surface area contributed by atoms with E-state index in [9.17, 15) is 4.39 Å². The Morgan fingerprint density at radius 2 is 2.24 bits per heavy atom. The highest BCUT2D eigenvalue weighted by atomic mass is 79.9. The molecule has 0 aliphatic rings. The van der Waals surface area contributed by atoms with Crippen LogP contribution >= 0.6 is 27.3 Å². The fraction of sp³-hybridized carbons (Fsp3) is 0.133. The minimum absolute atomic E-state index is 0.0673. The van der Waals surface area contributed by atoms with Crippen LogP contribution in [0.25, 0.3) is 0 Å². The Balaban J connectivity index is 1.97. The van der Waals surface area contributed by atoms with E-state index in [2.05, 4.69) is 32.3 Å². The maximum absolute atomic E-state index is 13.4. The first-order chi connectivity index (χ1) is 10.1. The molecule has 2 heterocycles. The van der Waals surface area contributed by atoms with Crippen molar-refractivity contribution in [3.05, 3.63) is 69.1 Å². The van der Waals surface area contributed by atoms with Crippen LogP contribution in [0.5, 0.6) is 0 Å². The van der Waals surface area contributed by atoms with E-state index in [-0.39, 0.29) is 11.9 Å². The van der Waals surface area contributed by atoms with E-state index in [1.165, 1.54) is 6.07 Å². The average molecular weight is 366 g/mol. The number of nitrogens with zero attached hydrogens (tertiary/aromatic N) is 2. The van der Waals surface area contributed by atoms with E-state index in [1.54, 1.807) is 29.7 Å². The van der Waals surface area contributed by atoms with Gasteiger partial charge in [0.2, 0.25) is 0 Å². The number of nitrogens with one attached hydrogen (secondary N) is 1. The summed E-state index contributed by atoms with van der Waals surface area (Å²) in [6.45, 7) is 0. The van der Waals surface area contributed by atoms with Crippen LogP contribution < -0.4 is 5.32 Å². The van der Waals surface area contributed by atoms with Gasteiger partial charge in [0.25, 0.3) is 0 Å². The molecule has 3 aromatic rings. The molecule has 3 rings (SSSR count). The van der Waals surface area contributed by atoms with E-state index >= 15 is 0 Å². The SMILES string of the molecule is Cn1ccnc1C(Nc1ccc(F)c(Br)c1)c1cccs1. The Labute approximate surface area is 134 Å². The number of thiophene rings is 1. The molecule has 6 heteroatoms. The molecular formula is C15H13BrFN3S. The molecule has 108 valence electrons. The molecule has 0 aliphatic carbocycles. The predicted octanol–water partition coefficient (Wildman–Crippen LogP) is 4.58. The summed E-state index contributed by atoms with van der Waals surface area (Å²) in [7, 11) is 1.96. The van der Waals surface area contributed by atoms with Gasteiger partial charge in [0, 0.05) is 30.0 Å². The first kappa shape index (κ1) is 14.3. The van der Waals surface area contributed by atoms with E-state index in [0.29, 0.717) is 4.47 Å². The Morgan fingerprint density at radius 3 is 2.86 bits per heavy atom. The Morgan fingerprint density at radius 1 is 1.38 bits per heavy atom. The van der Waals surface area contributed by atoms with Crippen LogP contribution in [-0.4, -0.2) is 9.55 Å². The van der Waals surface area contributed by atoms with Gasteiger partial charge in [-0.2, -0.15) is 0 Å². The van der Waals surface area contributed by atoms with Crippen LogP contribution in [0.3, 0.4) is 0 Å². The first-order valence-electron chi connectivity index (χ1n) is 6.37. The largest absolute Gasteiger partial charge is 0.371 e. The third-order valence-electron chi connectivity index (χ3n) is 3.17. The van der Waals surface area contributed by atoms with Crippen LogP contribution in [0.15, 0.2) is 52.6 Å². The van der Waals surface area contributed by atoms with Crippen molar-refractivity contribution in [1.82, 2.24) is 9.55 Å². The minimum Gasteiger partial charge on any atom is -0.371 e. The van der Waals surface area contributed by atoms with Crippen LogP contribution in [0.1, 0.15) is 16.7 Å². The van der Waals surface area contributed by atoms with Crippen molar-refractivity contribution in [1.29, 1.82) is 0 Å². The molecule has 1 aromatic carbocycles. The quantitative estimate of drug-likeness (QED) is 0.732. The lowest BCUT2D eigenvalue weighted by molar-refractivity contribution is 0.621. The maximum Gasteiger partial charge on any atom is 0.137 e. The third-order valence-corrected chi connectivity index (χ3v) is 4.72. The molecule has 2 aromatic heterocycles. The second-order valence-corrected chi connectivity index (χ2v) is 6.45. The zero-order valence-corrected chi connectivity index (χ0v) is 13.7. The van der Waals surface area contributed by atoms with Crippen LogP contribution in [0.4, 0.5) is 10.1 Å². The van der Waals surface area contributed by atoms with Crippen LogP contribution in [-0.2, 0) is 7.05 Å². The molecule has 1 N–H and O–H groups in total. The van der Waals surface area contributed by atoms with Gasteiger partial charge in [0.15, 0.2) is 0 Å². The highest BCUT2D eigenvalue weighted by Gasteiger charge is 2.19. The normalized spacial score (nSPS) is 12.3. The second-order valence-electron chi connectivity index (χ2n) is 4.62. The summed E-state index contributed by atoms with van der Waals surface area (Å²) in [4.78, 5) is 5.59. The molecule has 0 aliphatic heterocycles. The second kappa shape index (κ2) is 5.99. The van der Waals surface area contributed by atoms with Gasteiger partial charge in [0.1, 0.15) is 17.7 Å². The van der Waals surface area contributed by atoms with Gasteiger partial charge in [-0.05, 0) is 45.6 Å². The molecule has 21 heavy (non-hydrogen) atoms. The topological polar surface area (TPSA) is 29.9 Å². The van der Waals surface area contributed by atoms with Crippen molar-refractivity contribution in [2.75, 3.05) is 5.32 Å². The summed E-state index contributed by atoms with van der Waals surface area (Å²) < 4.78 is 15.8. The fourth-order valence-electron chi connectivity index (χ4n) is 2.13. The van der Waals surface area contributed by atoms with Crippen LogP contribution in [0.2, 0.25) is 0 Å². The number of hydrogen-bond acceptors (Lipinski definition) is 3. The molecule has 3 nitrogen and oxygen atoms in total. The summed E-state index contributed by atoms with van der Waals surface area (Å²) in [6, 6.07) is 8.91. The number of hydrogen-bond donors (Lipinski definition) is 1. The molecule has 1 atom stereocenters. The molecule has 0 radical (unpaired) electrons. The lowest BCUT2D eigenvalue weighted by atomic mass is 10.2. The summed E-state index contributed by atoms with van der Waals surface area (Å²) in [5.41, 5.74) is 0.838. The number of anilines is 1. The minimum atomic E-state index is -0.273. The zero-order valence-electron chi connectivity index (χ0n) is 11.3. The Hall–Kier alpha value is -1.66. The smallest absolute Gasteiger partial charge is 0.137 e. The van der Waals surface area contributed by atoms with Crippen molar-refractivity contribution in [2.24, 2.45) is 7.05 Å². The maximum atomic E-state index is 13.4. The lowest BCUT2D eigenvalue weighted by Gasteiger charge is -2.19. The third kappa shape index (κ3) is 3.01. The predicted molar refractivity (Wildman–Crippen MR) is 87.1 cm³/mol. The van der Waals surface area contributed by atoms with E-state index in [4.69, 9.17) is 0 Å². The molecule has 0 amide bonds. The van der Waals surface area contributed by atoms with Crippen molar-refractivity contribution < 1.29 is 4.39 Å². The highest BCUT2D eigenvalue weighted by molar-refractivity contribution is 9.10. The van der Waals surface area contributed by atoms with Gasteiger partial charge in [-0.3, -0.25) is 0 Å². The Kier molecular flexibility index (Phi) is 4.07. The van der Waals surface area contributed by atoms with Gasteiger partial charge in [0.05, 0.1) is 4.47 Å². The molecule has 0 saturated heterocycles. The van der Waals surface area contributed by atoms with Gasteiger partial charge in [-0.1, -0.05) is 6.07 Å². The summed E-state index contributed by atoms with van der Waals surface area (Å²) in [6.07, 6.45) is 3.69. The van der Waals surface area contributed by atoms with E-state index in [1.807, 2.05) is 29.3 Å². The number of aromatic nitrogens is 2. The van der Waals surface area contributed by atoms with Gasteiger partial charge in [-0.15, -0.1) is 11.3 Å². The monoisotopic (exact) mass is 365 g/mol. The lowest BCUT2D eigenvalue weighted by Crippen LogP contribution is -2.15. The summed E-state index contributed by atoms with van der Waals surface area (Å²) >= 11 is 4.88. The molecule has 0 fully saturated rings. The van der Waals surface area contributed by atoms with Gasteiger partial charge in [-0.25, -0.2) is 9.37 Å². The Bertz CT molecular complexity index is 739. The number of aryl methyl sites for hydroxylation is 1. The number of benzene rings is 1. The zero-order chi connectivity index (χ0) is 14.8.